The van der Waals surface area contributed by atoms with E-state index in [0.29, 0.717) is 6.04 Å². The molecule has 0 saturated heterocycles. The number of hydrogen-bond donors (Lipinski definition) is 1. The van der Waals surface area contributed by atoms with Crippen molar-refractivity contribution in [2.75, 3.05) is 18.9 Å². The molecule has 0 bridgehead atoms. The summed E-state index contributed by atoms with van der Waals surface area (Å²) in [5, 5.41) is 0. The van der Waals surface area contributed by atoms with Crippen molar-refractivity contribution in [1.29, 1.82) is 0 Å². The Morgan fingerprint density at radius 3 is 2.88 bits per heavy atom. The van der Waals surface area contributed by atoms with Gasteiger partial charge in [0, 0.05) is 31.4 Å². The van der Waals surface area contributed by atoms with E-state index in [1.54, 1.807) is 0 Å². The molecule has 1 aromatic rings. The molecule has 3 nitrogen and oxygen atoms in total. The zero-order valence-corrected chi connectivity index (χ0v) is 10.1. The van der Waals surface area contributed by atoms with Crippen LogP contribution in [0.2, 0.25) is 0 Å². The summed E-state index contributed by atoms with van der Waals surface area (Å²) in [6.45, 7) is 7.85. The predicted molar refractivity (Wildman–Crippen MR) is 66.1 cm³/mol. The maximum Gasteiger partial charge on any atom is 0.0619 e. The molecule has 1 aliphatic heterocycles. The first-order chi connectivity index (χ1) is 7.70. The van der Waals surface area contributed by atoms with Crippen LogP contribution in [0.15, 0.2) is 18.2 Å². The molecule has 0 saturated carbocycles. The molecule has 2 N–H and O–H groups in total. The van der Waals surface area contributed by atoms with Crippen molar-refractivity contribution in [3.63, 3.8) is 0 Å². The minimum Gasteiger partial charge on any atom is -0.399 e. The predicted octanol–water partition coefficient (Wildman–Crippen LogP) is 2.01. The van der Waals surface area contributed by atoms with Gasteiger partial charge in [-0.1, -0.05) is 6.07 Å². The summed E-state index contributed by atoms with van der Waals surface area (Å²) in [7, 11) is 0. The summed E-state index contributed by atoms with van der Waals surface area (Å²) in [4.78, 5) is 2.43. The average Bonchev–Trinajstić information content (AvgIpc) is 2.68. The lowest BCUT2D eigenvalue weighted by molar-refractivity contribution is 0.0721. The molecule has 0 aliphatic carbocycles. The fourth-order valence-electron chi connectivity index (χ4n) is 2.15. The van der Waals surface area contributed by atoms with E-state index in [9.17, 15) is 0 Å². The molecule has 3 heteroatoms. The molecular weight excluding hydrogens is 200 g/mol. The Hall–Kier alpha value is -1.06. The molecule has 0 radical (unpaired) electrons. The second kappa shape index (κ2) is 4.85. The number of ether oxygens (including phenoxy) is 1. The van der Waals surface area contributed by atoms with E-state index in [0.717, 1.165) is 32.0 Å². The van der Waals surface area contributed by atoms with Crippen molar-refractivity contribution < 1.29 is 4.74 Å². The van der Waals surface area contributed by atoms with Crippen molar-refractivity contribution in [2.24, 2.45) is 0 Å². The molecule has 16 heavy (non-hydrogen) atoms. The Kier molecular flexibility index (Phi) is 3.46. The van der Waals surface area contributed by atoms with E-state index < -0.39 is 0 Å². The highest BCUT2D eigenvalue weighted by Gasteiger charge is 2.22. The highest BCUT2D eigenvalue weighted by Crippen LogP contribution is 2.26. The van der Waals surface area contributed by atoms with Crippen molar-refractivity contribution in [3.05, 3.63) is 29.3 Å². The lowest BCUT2D eigenvalue weighted by Crippen LogP contribution is -2.31. The maximum atomic E-state index is 5.79. The third kappa shape index (κ3) is 2.36. The number of benzene rings is 1. The van der Waals surface area contributed by atoms with E-state index in [1.165, 1.54) is 11.1 Å². The first kappa shape index (κ1) is 11.4. The van der Waals surface area contributed by atoms with Gasteiger partial charge in [0.2, 0.25) is 0 Å². The second-order valence-electron chi connectivity index (χ2n) is 4.44. The minimum atomic E-state index is 0.466. The first-order valence-electron chi connectivity index (χ1n) is 5.89. The molecule has 88 valence electrons. The number of anilines is 1. The average molecular weight is 220 g/mol. The van der Waals surface area contributed by atoms with Gasteiger partial charge in [-0.15, -0.1) is 0 Å². The van der Waals surface area contributed by atoms with Crippen molar-refractivity contribution in [2.45, 2.75) is 33.0 Å². The topological polar surface area (TPSA) is 38.5 Å². The quantitative estimate of drug-likeness (QED) is 0.789. The number of rotatable bonds is 4. The van der Waals surface area contributed by atoms with Gasteiger partial charge in [0.15, 0.2) is 0 Å². The minimum absolute atomic E-state index is 0.466. The standard InChI is InChI=1S/C13H20N2O/c1-3-16-9-10(2)15-7-11-4-5-13(14)6-12(11)8-15/h4-6,10H,3,7-9,14H2,1-2H3. The van der Waals surface area contributed by atoms with Gasteiger partial charge in [-0.05, 0) is 37.1 Å². The summed E-state index contributed by atoms with van der Waals surface area (Å²) in [5.41, 5.74) is 9.41. The van der Waals surface area contributed by atoms with Gasteiger partial charge in [0.05, 0.1) is 6.61 Å². The van der Waals surface area contributed by atoms with Crippen LogP contribution in [0, 0.1) is 0 Å². The largest absolute Gasteiger partial charge is 0.399 e. The summed E-state index contributed by atoms with van der Waals surface area (Å²) in [5.74, 6) is 0. The lowest BCUT2D eigenvalue weighted by Gasteiger charge is -2.23. The van der Waals surface area contributed by atoms with Crippen LogP contribution in [-0.4, -0.2) is 24.2 Å². The number of nitrogens with zero attached hydrogens (tertiary/aromatic N) is 1. The molecule has 1 aliphatic rings. The number of nitrogen functional groups attached to an aromatic ring is 1. The fraction of sp³-hybridized carbons (Fsp3) is 0.538. The Morgan fingerprint density at radius 2 is 2.12 bits per heavy atom. The van der Waals surface area contributed by atoms with E-state index in [1.807, 2.05) is 13.0 Å². The highest BCUT2D eigenvalue weighted by molar-refractivity contribution is 5.46. The van der Waals surface area contributed by atoms with Crippen LogP contribution >= 0.6 is 0 Å². The lowest BCUT2D eigenvalue weighted by atomic mass is 10.1. The van der Waals surface area contributed by atoms with Crippen LogP contribution in [-0.2, 0) is 17.8 Å². The normalized spacial score (nSPS) is 17.4. The van der Waals surface area contributed by atoms with Gasteiger partial charge in [-0.2, -0.15) is 0 Å². The van der Waals surface area contributed by atoms with Crippen LogP contribution in [0.5, 0.6) is 0 Å². The van der Waals surface area contributed by atoms with Crippen molar-refractivity contribution in [1.82, 2.24) is 4.90 Å². The van der Waals surface area contributed by atoms with E-state index in [2.05, 4.69) is 24.0 Å². The monoisotopic (exact) mass is 220 g/mol. The third-order valence-corrected chi connectivity index (χ3v) is 3.16. The molecule has 1 atom stereocenters. The molecule has 0 amide bonds. The molecular formula is C13H20N2O. The zero-order chi connectivity index (χ0) is 11.5. The van der Waals surface area contributed by atoms with Gasteiger partial charge in [-0.25, -0.2) is 0 Å². The van der Waals surface area contributed by atoms with Gasteiger partial charge in [-0.3, -0.25) is 4.90 Å². The highest BCUT2D eigenvalue weighted by atomic mass is 16.5. The number of hydrogen-bond acceptors (Lipinski definition) is 3. The smallest absolute Gasteiger partial charge is 0.0619 e. The zero-order valence-electron chi connectivity index (χ0n) is 10.1. The van der Waals surface area contributed by atoms with Gasteiger partial charge in [0.1, 0.15) is 0 Å². The van der Waals surface area contributed by atoms with Gasteiger partial charge >= 0.3 is 0 Å². The molecule has 2 rings (SSSR count). The van der Waals surface area contributed by atoms with Crippen LogP contribution in [0.3, 0.4) is 0 Å². The Morgan fingerprint density at radius 1 is 1.38 bits per heavy atom. The SMILES string of the molecule is CCOCC(C)N1Cc2ccc(N)cc2C1. The van der Waals surface area contributed by atoms with E-state index in [4.69, 9.17) is 10.5 Å². The molecule has 1 heterocycles. The van der Waals surface area contributed by atoms with Crippen LogP contribution in [0.1, 0.15) is 25.0 Å². The van der Waals surface area contributed by atoms with Crippen LogP contribution in [0.4, 0.5) is 5.69 Å². The first-order valence-corrected chi connectivity index (χ1v) is 5.89. The molecule has 0 spiro atoms. The van der Waals surface area contributed by atoms with E-state index >= 15 is 0 Å². The molecule has 1 unspecified atom stereocenters. The third-order valence-electron chi connectivity index (χ3n) is 3.16. The summed E-state index contributed by atoms with van der Waals surface area (Å²) in [6, 6.07) is 6.67. The molecule has 0 aromatic heterocycles. The number of fused-ring (bicyclic) bond motifs is 1. The maximum absolute atomic E-state index is 5.79. The molecule has 0 fully saturated rings. The number of nitrogens with two attached hydrogens (primary N) is 1. The van der Waals surface area contributed by atoms with Crippen molar-refractivity contribution >= 4 is 5.69 Å². The van der Waals surface area contributed by atoms with E-state index in [-0.39, 0.29) is 0 Å². The van der Waals surface area contributed by atoms with Crippen molar-refractivity contribution in [3.8, 4) is 0 Å². The van der Waals surface area contributed by atoms with Crippen LogP contribution < -0.4 is 5.73 Å². The van der Waals surface area contributed by atoms with Gasteiger partial charge < -0.3 is 10.5 Å². The Labute approximate surface area is 97.2 Å². The summed E-state index contributed by atoms with van der Waals surface area (Å²) < 4.78 is 5.46. The fourth-order valence-corrected chi connectivity index (χ4v) is 2.15. The van der Waals surface area contributed by atoms with Gasteiger partial charge in [0.25, 0.3) is 0 Å². The van der Waals surface area contributed by atoms with Crippen LogP contribution in [0.25, 0.3) is 0 Å². The Balaban J connectivity index is 1.99. The second-order valence-corrected chi connectivity index (χ2v) is 4.44. The Bertz CT molecular complexity index is 365. The summed E-state index contributed by atoms with van der Waals surface area (Å²) >= 11 is 0. The molecule has 1 aromatic carbocycles. The summed E-state index contributed by atoms with van der Waals surface area (Å²) in [6.07, 6.45) is 0.